The summed E-state index contributed by atoms with van der Waals surface area (Å²) in [6, 6.07) is -2.66. The summed E-state index contributed by atoms with van der Waals surface area (Å²) >= 11 is 5.61. The fourth-order valence-corrected chi connectivity index (χ4v) is 11.4. The molecule has 12 atom stereocenters. The Morgan fingerprint density at radius 1 is 0.521 bits per heavy atom. The summed E-state index contributed by atoms with van der Waals surface area (Å²) in [5.74, 6) is -9.71. The summed E-state index contributed by atoms with van der Waals surface area (Å²) in [6.45, 7) is 32.9. The highest BCUT2D eigenvalue weighted by atomic mass is 35.5. The van der Waals surface area contributed by atoms with Crippen molar-refractivity contribution >= 4 is 81.6 Å². The van der Waals surface area contributed by atoms with E-state index in [1.165, 1.54) is 87.7 Å². The predicted molar refractivity (Wildman–Crippen MR) is 370 cm³/mol. The van der Waals surface area contributed by atoms with Crippen LogP contribution in [0, 0.1) is 41.4 Å². The van der Waals surface area contributed by atoms with E-state index in [0.29, 0.717) is 11.5 Å². The van der Waals surface area contributed by atoms with Crippen molar-refractivity contribution in [3.63, 3.8) is 0 Å². The quantitative estimate of drug-likeness (QED) is 0.116. The highest BCUT2D eigenvalue weighted by molar-refractivity contribution is 6.48. The fourth-order valence-electron chi connectivity index (χ4n) is 11.3. The van der Waals surface area contributed by atoms with E-state index in [9.17, 15) is 48.3 Å². The van der Waals surface area contributed by atoms with Gasteiger partial charge < -0.3 is 60.7 Å². The second-order valence-corrected chi connectivity index (χ2v) is 28.3. The second-order valence-electron chi connectivity index (χ2n) is 27.9. The zero-order valence-corrected chi connectivity index (χ0v) is 61.8. The average Bonchev–Trinajstić information content (AvgIpc) is 0.809. The van der Waals surface area contributed by atoms with Gasteiger partial charge in [-0.15, -0.1) is 0 Å². The van der Waals surface area contributed by atoms with Gasteiger partial charge in [0, 0.05) is 54.4 Å². The van der Waals surface area contributed by atoms with Gasteiger partial charge in [0.05, 0.1) is 12.6 Å². The van der Waals surface area contributed by atoms with Crippen molar-refractivity contribution in [1.82, 2.24) is 55.6 Å². The molecule has 1 fully saturated rings. The number of rotatable bonds is 16. The van der Waals surface area contributed by atoms with Crippen LogP contribution in [0.1, 0.15) is 162 Å². The van der Waals surface area contributed by atoms with Gasteiger partial charge in [0.1, 0.15) is 60.4 Å². The molecule has 5 N–H and O–H groups in total. The summed E-state index contributed by atoms with van der Waals surface area (Å²) in [5.41, 5.74) is 0.985. The molecule has 0 bridgehead atoms. The van der Waals surface area contributed by atoms with Gasteiger partial charge in [-0.2, -0.15) is 0 Å². The maximum atomic E-state index is 15.1. The molecule has 2 rings (SSSR count). The number of aliphatic hydroxyl groups excluding tert-OH is 1. The second kappa shape index (κ2) is 39.9. The number of allylic oxidation sites excluding steroid dienone is 2. The lowest BCUT2D eigenvalue weighted by Gasteiger charge is -2.41. The Kier molecular flexibility index (Phi) is 36.1. The molecule has 0 unspecified atom stereocenters. The van der Waals surface area contributed by atoms with Crippen LogP contribution < -0.4 is 21.3 Å². The van der Waals surface area contributed by atoms with Gasteiger partial charge in [0.25, 0.3) is 0 Å². The zero-order valence-electron chi connectivity index (χ0n) is 61.0. The summed E-state index contributed by atoms with van der Waals surface area (Å²) < 4.78 is 0. The zero-order chi connectivity index (χ0) is 72.7. The van der Waals surface area contributed by atoms with Crippen molar-refractivity contribution in [2.24, 2.45) is 41.4 Å². The smallest absolute Gasteiger partial charge is 0.246 e. The van der Waals surface area contributed by atoms with Gasteiger partial charge in [0.15, 0.2) is 0 Å². The van der Waals surface area contributed by atoms with Gasteiger partial charge >= 0.3 is 0 Å². The van der Waals surface area contributed by atoms with E-state index in [2.05, 4.69) is 27.8 Å². The predicted octanol–water partition coefficient (Wildman–Crippen LogP) is 6.17. The molecule has 1 aromatic rings. The number of amides is 11. The van der Waals surface area contributed by atoms with Crippen molar-refractivity contribution in [1.29, 1.82) is 0 Å². The highest BCUT2D eigenvalue weighted by Gasteiger charge is 2.46. The Hall–Kier alpha value is -6.88. The normalized spacial score (nSPS) is 25.2. The first-order valence-corrected chi connectivity index (χ1v) is 33.6. The third kappa shape index (κ3) is 25.0. The highest BCUT2D eigenvalue weighted by Crippen LogP contribution is 2.26. The number of benzene rings is 1. The Morgan fingerprint density at radius 2 is 0.947 bits per heavy atom. The maximum absolute atomic E-state index is 15.1. The number of hydrogen-bond acceptors (Lipinski definition) is 12. The van der Waals surface area contributed by atoms with Crippen LogP contribution in [-0.4, -0.2) is 227 Å². The number of likely N-dealkylation sites (N-methyl/N-ethyl adjacent to an activating group) is 7. The topological polar surface area (TPSA) is 279 Å². The monoisotopic (exact) mass is 1340 g/mol. The van der Waals surface area contributed by atoms with E-state index in [0.717, 1.165) is 15.4 Å². The Morgan fingerprint density at radius 3 is 1.38 bits per heavy atom. The number of aliphatic hydroxyl groups is 1. The Bertz CT molecular complexity index is 2740. The van der Waals surface area contributed by atoms with E-state index in [1.54, 1.807) is 54.5 Å². The SMILES string of the molecule is C=C(Cl)c1ccccc1.CC=CC[C@@H](C)[C@@H](O)[C@H]1C(=O)N[C@@H](CC)C(=O)N(C)CC(=O)N(C)[C@@H](CC(C)C)C(=O)N[C@@H](C(C)C)C(=O)N(C)[C@@H](CC(C)C)C(=O)N[C@@H](C)C(=O)N[C@H](C)C(=O)N(C)[C@@H](CC(C)C)C(=O)N(C)[C@@H](CC(C)C)C(=O)N(C)[C@@H](C(C)C)C(=O)N1C. The third-order valence-corrected chi connectivity index (χ3v) is 17.4. The fraction of sp³-hybridized carbons (Fsp3) is 0.700. The molecule has 0 aromatic heterocycles. The molecule has 1 heterocycles. The van der Waals surface area contributed by atoms with Crippen molar-refractivity contribution in [2.45, 2.75) is 223 Å². The lowest BCUT2D eigenvalue weighted by molar-refractivity contribution is -0.157. The minimum absolute atomic E-state index is 0.0229. The van der Waals surface area contributed by atoms with E-state index < -0.39 is 156 Å². The molecule has 23 nitrogen and oxygen atoms in total. The molecule has 11 amide bonds. The molecule has 94 heavy (non-hydrogen) atoms. The number of halogens is 1. The first-order chi connectivity index (χ1) is 43.5. The van der Waals surface area contributed by atoms with Crippen molar-refractivity contribution < 1.29 is 57.8 Å². The molecule has 1 aliphatic heterocycles. The molecular weight excluding hydrogens is 1220 g/mol. The van der Waals surface area contributed by atoms with Crippen LogP contribution >= 0.6 is 11.6 Å². The van der Waals surface area contributed by atoms with Crippen LogP contribution in [0.4, 0.5) is 0 Å². The van der Waals surface area contributed by atoms with E-state index in [4.69, 9.17) is 11.6 Å². The van der Waals surface area contributed by atoms with E-state index in [-0.39, 0.29) is 55.8 Å². The molecule has 0 aliphatic carbocycles. The number of nitrogens with one attached hydrogen (secondary N) is 4. The van der Waals surface area contributed by atoms with Crippen LogP contribution in [0.3, 0.4) is 0 Å². The first-order valence-electron chi connectivity index (χ1n) is 33.3. The van der Waals surface area contributed by atoms with Crippen LogP contribution in [0.15, 0.2) is 49.1 Å². The summed E-state index contributed by atoms with van der Waals surface area (Å²) in [5, 5.41) is 23.7. The van der Waals surface area contributed by atoms with Crippen LogP contribution in [-0.2, 0) is 52.7 Å². The van der Waals surface area contributed by atoms with Gasteiger partial charge in [-0.05, 0) is 106 Å². The Labute approximate surface area is 567 Å². The minimum Gasteiger partial charge on any atom is -0.390 e. The largest absolute Gasteiger partial charge is 0.390 e. The molecule has 24 heteroatoms. The van der Waals surface area contributed by atoms with Crippen LogP contribution in [0.25, 0.3) is 5.03 Å². The van der Waals surface area contributed by atoms with Gasteiger partial charge in [0.2, 0.25) is 65.0 Å². The lowest BCUT2D eigenvalue weighted by atomic mass is 9.91. The molecule has 0 saturated carbocycles. The van der Waals surface area contributed by atoms with Crippen molar-refractivity contribution in [3.8, 4) is 0 Å². The molecule has 1 aromatic carbocycles. The molecule has 0 radical (unpaired) electrons. The first kappa shape index (κ1) is 85.1. The third-order valence-electron chi connectivity index (χ3n) is 17.2. The van der Waals surface area contributed by atoms with Crippen molar-refractivity contribution in [3.05, 3.63) is 54.6 Å². The van der Waals surface area contributed by atoms with Gasteiger partial charge in [-0.3, -0.25) is 52.7 Å². The number of carbonyl (C=O) groups excluding carboxylic acids is 11. The molecule has 1 aliphatic rings. The summed E-state index contributed by atoms with van der Waals surface area (Å²) in [6.07, 6.45) is 3.04. The average molecular weight is 1340 g/mol. The lowest BCUT2D eigenvalue weighted by Crippen LogP contribution is -2.63. The maximum Gasteiger partial charge on any atom is 0.246 e. The van der Waals surface area contributed by atoms with E-state index in [1.807, 2.05) is 91.8 Å². The molecular formula is C70H118ClN11O12. The number of hydrogen-bond donors (Lipinski definition) is 5. The number of carbonyl (C=O) groups is 11. The Balaban J connectivity index is 0.00000449. The number of nitrogens with zero attached hydrogens (tertiary/aromatic N) is 7. The molecule has 532 valence electrons. The van der Waals surface area contributed by atoms with Crippen LogP contribution in [0.5, 0.6) is 0 Å². The standard InChI is InChI=1S/C62H111N11O12.C8H7Cl/c1-25-27-28-40(15)52(75)51-56(79)65-43(26-2)58(81)67(18)33-48(74)68(19)44(29-34(3)4)55(78)66-49(38(11)12)61(84)69(20)45(30-35(5)6)54(77)63-41(16)53(76)64-42(17)57(80)70(21)46(31-36(7)8)59(82)71(22)47(32-37(9)10)60(83)72(23)50(39(13)14)62(85)73(51)24;1-7(9)8-5-3-2-4-6-8/h25,27,34-47,49-52,75H,26,28-33H2,1-24H3,(H,63,77)(H,64,76)(H,65,79)(H,66,78);2-6H,1H2/t40-,41+,42-,43+,44+,45+,46+,47+,49+,50+,51+,52-;/m1./s1. The summed E-state index contributed by atoms with van der Waals surface area (Å²) in [7, 11) is 9.92. The van der Waals surface area contributed by atoms with E-state index >= 15 is 9.59 Å². The minimum atomic E-state index is -1.61. The summed E-state index contributed by atoms with van der Waals surface area (Å²) in [4.78, 5) is 169. The van der Waals surface area contributed by atoms with Gasteiger partial charge in [-0.1, -0.05) is 158 Å². The molecule has 0 spiro atoms. The van der Waals surface area contributed by atoms with Crippen molar-refractivity contribution in [2.75, 3.05) is 55.9 Å². The molecule has 1 saturated heterocycles. The van der Waals surface area contributed by atoms with Gasteiger partial charge in [-0.25, -0.2) is 0 Å². The van der Waals surface area contributed by atoms with Crippen LogP contribution in [0.2, 0.25) is 0 Å².